The largest absolute Gasteiger partial charge is 0.370 e. The van der Waals surface area contributed by atoms with Crippen LogP contribution in [0.25, 0.3) is 0 Å². The smallest absolute Gasteiger partial charge is 0.188 e. The number of halogens is 2. The van der Waals surface area contributed by atoms with E-state index in [9.17, 15) is 4.39 Å². The first-order chi connectivity index (χ1) is 9.24. The van der Waals surface area contributed by atoms with Crippen LogP contribution in [0.5, 0.6) is 0 Å². The zero-order valence-corrected chi connectivity index (χ0v) is 14.9. The number of unbranched alkanes of at least 4 members (excludes halogenated alkanes) is 1. The lowest BCUT2D eigenvalue weighted by atomic mass is 10.2. The second-order valence-corrected chi connectivity index (χ2v) is 5.30. The van der Waals surface area contributed by atoms with E-state index in [-0.39, 0.29) is 29.8 Å². The summed E-state index contributed by atoms with van der Waals surface area (Å²) >= 11 is 1.68. The van der Waals surface area contributed by atoms with Gasteiger partial charge in [-0.1, -0.05) is 31.5 Å². The Morgan fingerprint density at radius 1 is 1.40 bits per heavy atom. The third-order valence-corrected chi connectivity index (χ3v) is 3.57. The third-order valence-electron chi connectivity index (χ3n) is 2.56. The van der Waals surface area contributed by atoms with Gasteiger partial charge < -0.3 is 11.1 Å². The topological polar surface area (TPSA) is 50.4 Å². The van der Waals surface area contributed by atoms with Crippen molar-refractivity contribution in [3.8, 4) is 0 Å². The summed E-state index contributed by atoms with van der Waals surface area (Å²) in [4.78, 5) is 4.20. The van der Waals surface area contributed by atoms with E-state index in [1.807, 2.05) is 12.1 Å². The van der Waals surface area contributed by atoms with E-state index in [1.54, 1.807) is 17.8 Å². The van der Waals surface area contributed by atoms with Gasteiger partial charge in [-0.2, -0.15) is 11.8 Å². The Morgan fingerprint density at radius 2 is 2.15 bits per heavy atom. The molecule has 114 valence electrons. The minimum atomic E-state index is -0.136. The van der Waals surface area contributed by atoms with Crippen LogP contribution in [0.15, 0.2) is 29.3 Å². The number of nitrogens with two attached hydrogens (primary N) is 1. The number of hydrogen-bond acceptors (Lipinski definition) is 2. The summed E-state index contributed by atoms with van der Waals surface area (Å²) in [7, 11) is 0. The molecule has 0 saturated carbocycles. The number of aliphatic imine (C=N–C) groups is 1. The minimum absolute atomic E-state index is 0. The first kappa shape index (κ1) is 19.5. The highest BCUT2D eigenvalue weighted by Gasteiger charge is 2.00. The molecule has 20 heavy (non-hydrogen) atoms. The van der Waals surface area contributed by atoms with Gasteiger partial charge in [-0.25, -0.2) is 4.39 Å². The molecule has 0 saturated heterocycles. The van der Waals surface area contributed by atoms with E-state index in [0.717, 1.165) is 37.2 Å². The van der Waals surface area contributed by atoms with Gasteiger partial charge in [-0.15, -0.1) is 24.0 Å². The molecule has 0 radical (unpaired) electrons. The lowest BCUT2D eigenvalue weighted by Gasteiger charge is -2.06. The summed E-state index contributed by atoms with van der Waals surface area (Å²) in [6, 6.07) is 6.87. The van der Waals surface area contributed by atoms with E-state index in [4.69, 9.17) is 5.73 Å². The lowest BCUT2D eigenvalue weighted by molar-refractivity contribution is 0.617. The van der Waals surface area contributed by atoms with Crippen molar-refractivity contribution in [2.24, 2.45) is 10.7 Å². The Labute approximate surface area is 142 Å². The summed E-state index contributed by atoms with van der Waals surface area (Å²) in [5.74, 6) is 1.92. The zero-order valence-electron chi connectivity index (χ0n) is 11.8. The van der Waals surface area contributed by atoms with Gasteiger partial charge in [0, 0.05) is 24.6 Å². The second kappa shape index (κ2) is 12.3. The summed E-state index contributed by atoms with van der Waals surface area (Å²) in [5, 5.41) is 3.06. The predicted octanol–water partition coefficient (Wildman–Crippen LogP) is 3.38. The van der Waals surface area contributed by atoms with Crippen LogP contribution in [0.4, 0.5) is 4.39 Å². The highest BCUT2D eigenvalue weighted by Crippen LogP contribution is 2.14. The molecule has 0 heterocycles. The molecule has 3 nitrogen and oxygen atoms in total. The number of thioether (sulfide) groups is 1. The zero-order chi connectivity index (χ0) is 13.9. The highest BCUT2D eigenvalue weighted by atomic mass is 127. The molecule has 0 fully saturated rings. The molecule has 6 heteroatoms. The number of guanidine groups is 1. The van der Waals surface area contributed by atoms with E-state index >= 15 is 0 Å². The van der Waals surface area contributed by atoms with Crippen molar-refractivity contribution >= 4 is 41.7 Å². The molecule has 0 bridgehead atoms. The van der Waals surface area contributed by atoms with E-state index in [0.29, 0.717) is 11.7 Å². The van der Waals surface area contributed by atoms with Gasteiger partial charge in [-0.05, 0) is 18.1 Å². The molecule has 1 aromatic rings. The standard InChI is InChI=1S/C14H22FN3S.HI/c1-2-3-8-17-14(16)18-9-10-19-11-12-6-4-5-7-13(12)15;/h4-7H,2-3,8-11H2,1H3,(H3,16,17,18);1H. The first-order valence-corrected chi connectivity index (χ1v) is 7.74. The Bertz CT molecular complexity index is 402. The van der Waals surface area contributed by atoms with Crippen molar-refractivity contribution in [3.05, 3.63) is 35.6 Å². The molecule has 0 aliphatic rings. The van der Waals surface area contributed by atoms with E-state index in [2.05, 4.69) is 17.2 Å². The average molecular weight is 411 g/mol. The maximum Gasteiger partial charge on any atom is 0.188 e. The lowest BCUT2D eigenvalue weighted by Crippen LogP contribution is -2.33. The molecule has 0 aromatic heterocycles. The van der Waals surface area contributed by atoms with Crippen LogP contribution < -0.4 is 11.1 Å². The quantitative estimate of drug-likeness (QED) is 0.299. The van der Waals surface area contributed by atoms with Gasteiger partial charge in [0.1, 0.15) is 5.82 Å². The molecule has 0 unspecified atom stereocenters. The van der Waals surface area contributed by atoms with Crippen molar-refractivity contribution in [2.45, 2.75) is 25.5 Å². The van der Waals surface area contributed by atoms with Crippen LogP contribution in [0.1, 0.15) is 25.3 Å². The highest BCUT2D eigenvalue weighted by molar-refractivity contribution is 14.0. The Hall–Kier alpha value is -0.500. The van der Waals surface area contributed by atoms with Gasteiger partial charge >= 0.3 is 0 Å². The Morgan fingerprint density at radius 3 is 2.85 bits per heavy atom. The molecule has 3 N–H and O–H groups in total. The molecular formula is C14H23FIN3S. The molecule has 1 rings (SSSR count). The van der Waals surface area contributed by atoms with E-state index in [1.165, 1.54) is 6.07 Å². The number of rotatable bonds is 8. The van der Waals surface area contributed by atoms with Crippen molar-refractivity contribution < 1.29 is 4.39 Å². The van der Waals surface area contributed by atoms with Gasteiger partial charge in [0.05, 0.1) is 0 Å². The van der Waals surface area contributed by atoms with Gasteiger partial charge in [-0.3, -0.25) is 4.99 Å². The first-order valence-electron chi connectivity index (χ1n) is 6.59. The fourth-order valence-electron chi connectivity index (χ4n) is 1.46. The SMILES string of the molecule is CCCCN=C(N)NCCSCc1ccccc1F.I. The van der Waals surface area contributed by atoms with Crippen LogP contribution in [0.3, 0.4) is 0 Å². The van der Waals surface area contributed by atoms with Crippen LogP contribution in [0, 0.1) is 5.82 Å². The maximum absolute atomic E-state index is 13.3. The minimum Gasteiger partial charge on any atom is -0.370 e. The van der Waals surface area contributed by atoms with Crippen molar-refractivity contribution in [1.29, 1.82) is 0 Å². The van der Waals surface area contributed by atoms with Crippen molar-refractivity contribution in [3.63, 3.8) is 0 Å². The van der Waals surface area contributed by atoms with Gasteiger partial charge in [0.15, 0.2) is 5.96 Å². The normalized spacial score (nSPS) is 11.0. The van der Waals surface area contributed by atoms with Crippen LogP contribution in [-0.4, -0.2) is 24.8 Å². The molecule has 0 atom stereocenters. The molecular weight excluding hydrogens is 388 g/mol. The third kappa shape index (κ3) is 8.63. The van der Waals surface area contributed by atoms with Gasteiger partial charge in [0.25, 0.3) is 0 Å². The van der Waals surface area contributed by atoms with Crippen molar-refractivity contribution in [1.82, 2.24) is 5.32 Å². The van der Waals surface area contributed by atoms with Crippen LogP contribution >= 0.6 is 35.7 Å². The molecule has 0 amide bonds. The molecule has 0 spiro atoms. The number of benzene rings is 1. The number of hydrogen-bond donors (Lipinski definition) is 2. The number of nitrogens with one attached hydrogen (secondary N) is 1. The van der Waals surface area contributed by atoms with Crippen molar-refractivity contribution in [2.75, 3.05) is 18.8 Å². The Balaban J connectivity index is 0.00000361. The second-order valence-electron chi connectivity index (χ2n) is 4.19. The molecule has 0 aliphatic heterocycles. The van der Waals surface area contributed by atoms with E-state index < -0.39 is 0 Å². The monoisotopic (exact) mass is 411 g/mol. The summed E-state index contributed by atoms with van der Waals surface area (Å²) < 4.78 is 13.3. The summed E-state index contributed by atoms with van der Waals surface area (Å²) in [6.07, 6.45) is 2.18. The fraction of sp³-hybridized carbons (Fsp3) is 0.500. The Kier molecular flexibility index (Phi) is 12.0. The maximum atomic E-state index is 13.3. The fourth-order valence-corrected chi connectivity index (χ4v) is 2.31. The average Bonchev–Trinajstić information content (AvgIpc) is 2.41. The van der Waals surface area contributed by atoms with Gasteiger partial charge in [0.2, 0.25) is 0 Å². The van der Waals surface area contributed by atoms with Crippen LogP contribution in [-0.2, 0) is 5.75 Å². The number of nitrogens with zero attached hydrogens (tertiary/aromatic N) is 1. The molecule has 1 aromatic carbocycles. The predicted molar refractivity (Wildman–Crippen MR) is 97.4 cm³/mol. The summed E-state index contributed by atoms with van der Waals surface area (Å²) in [5.41, 5.74) is 6.45. The summed E-state index contributed by atoms with van der Waals surface area (Å²) in [6.45, 7) is 3.65. The molecule has 0 aliphatic carbocycles. The van der Waals surface area contributed by atoms with Crippen LogP contribution in [0.2, 0.25) is 0 Å².